The number of carbonyl (C=O) groups excluding carboxylic acids is 2. The van der Waals surface area contributed by atoms with Crippen molar-refractivity contribution < 1.29 is 14.0 Å². The van der Waals surface area contributed by atoms with Gasteiger partial charge in [-0.2, -0.15) is 0 Å². The van der Waals surface area contributed by atoms with Gasteiger partial charge in [-0.25, -0.2) is 0 Å². The third kappa shape index (κ3) is 3.75. The fourth-order valence-corrected chi connectivity index (χ4v) is 3.70. The molecule has 0 fully saturated rings. The van der Waals surface area contributed by atoms with Gasteiger partial charge in [0.2, 0.25) is 0 Å². The molecule has 2 amide bonds. The molecule has 134 valence electrons. The molecule has 0 aliphatic heterocycles. The van der Waals surface area contributed by atoms with Crippen LogP contribution in [0.1, 0.15) is 25.8 Å². The van der Waals surface area contributed by atoms with Crippen LogP contribution in [0, 0.1) is 0 Å². The Kier molecular flexibility index (Phi) is 4.72. The summed E-state index contributed by atoms with van der Waals surface area (Å²) in [5, 5.41) is 6.67. The van der Waals surface area contributed by atoms with Crippen LogP contribution in [-0.2, 0) is 6.54 Å². The van der Waals surface area contributed by atoms with Crippen LogP contribution in [0.25, 0.3) is 10.1 Å². The van der Waals surface area contributed by atoms with Crippen LogP contribution in [-0.4, -0.2) is 11.8 Å². The zero-order valence-corrected chi connectivity index (χ0v) is 15.1. The highest BCUT2D eigenvalue weighted by Gasteiger charge is 2.15. The number of nitrogens with one attached hydrogen (secondary N) is 2. The molecule has 0 unspecified atom stereocenters. The lowest BCUT2D eigenvalue weighted by Crippen LogP contribution is -2.24. The Bertz CT molecular complexity index is 1070. The van der Waals surface area contributed by atoms with Gasteiger partial charge in [-0.1, -0.05) is 30.3 Å². The number of hydrogen-bond donors (Lipinski definition) is 2. The third-order valence-corrected chi connectivity index (χ3v) is 5.19. The van der Waals surface area contributed by atoms with Crippen molar-refractivity contribution in [2.45, 2.75) is 6.54 Å². The Morgan fingerprint density at radius 1 is 0.926 bits per heavy atom. The second-order valence-corrected chi connectivity index (χ2v) is 6.99. The molecule has 0 aliphatic rings. The minimum absolute atomic E-state index is 0.234. The Hall–Kier alpha value is -3.38. The number of carbonyl (C=O) groups is 2. The van der Waals surface area contributed by atoms with Crippen molar-refractivity contribution in [3.8, 4) is 0 Å². The number of amides is 2. The van der Waals surface area contributed by atoms with Crippen LogP contribution in [0.3, 0.4) is 0 Å². The van der Waals surface area contributed by atoms with Gasteiger partial charge >= 0.3 is 0 Å². The smallest absolute Gasteiger partial charge is 0.265 e. The van der Waals surface area contributed by atoms with Gasteiger partial charge in [-0.05, 0) is 41.8 Å². The molecule has 4 rings (SSSR count). The molecule has 27 heavy (non-hydrogen) atoms. The van der Waals surface area contributed by atoms with Crippen molar-refractivity contribution in [2.75, 3.05) is 5.32 Å². The molecule has 2 heterocycles. The highest BCUT2D eigenvalue weighted by atomic mass is 32.1. The topological polar surface area (TPSA) is 71.3 Å². The molecular formula is C21H16N2O3S. The first kappa shape index (κ1) is 17.1. The van der Waals surface area contributed by atoms with Gasteiger partial charge in [-0.15, -0.1) is 11.3 Å². The lowest BCUT2D eigenvalue weighted by Gasteiger charge is -2.10. The van der Waals surface area contributed by atoms with Gasteiger partial charge in [0.15, 0.2) is 0 Å². The highest BCUT2D eigenvalue weighted by molar-refractivity contribution is 7.20. The number of thiophene rings is 1. The molecule has 0 aliphatic carbocycles. The van der Waals surface area contributed by atoms with E-state index in [1.165, 1.54) is 11.3 Å². The summed E-state index contributed by atoms with van der Waals surface area (Å²) in [6, 6.07) is 20.2. The Labute approximate surface area is 159 Å². The molecule has 6 heteroatoms. The fraction of sp³-hybridized carbons (Fsp3) is 0.0476. The van der Waals surface area contributed by atoms with Gasteiger partial charge in [0, 0.05) is 4.70 Å². The number of para-hydroxylation sites is 1. The maximum Gasteiger partial charge on any atom is 0.265 e. The van der Waals surface area contributed by atoms with Crippen LogP contribution in [0.2, 0.25) is 0 Å². The summed E-state index contributed by atoms with van der Waals surface area (Å²) in [7, 11) is 0. The zero-order chi connectivity index (χ0) is 18.6. The Morgan fingerprint density at radius 2 is 1.74 bits per heavy atom. The molecule has 0 bridgehead atoms. The molecule has 0 saturated carbocycles. The summed E-state index contributed by atoms with van der Waals surface area (Å²) >= 11 is 1.42. The van der Waals surface area contributed by atoms with Crippen molar-refractivity contribution >= 4 is 38.9 Å². The number of fused-ring (bicyclic) bond motifs is 1. The van der Waals surface area contributed by atoms with Gasteiger partial charge in [0.05, 0.1) is 28.9 Å². The molecule has 0 spiro atoms. The Balaban J connectivity index is 1.51. The monoisotopic (exact) mass is 376 g/mol. The van der Waals surface area contributed by atoms with Crippen molar-refractivity contribution in [1.29, 1.82) is 0 Å². The predicted octanol–water partition coefficient (Wildman–Crippen LogP) is 4.68. The summed E-state index contributed by atoms with van der Waals surface area (Å²) in [5.74, 6) is 0.149. The van der Waals surface area contributed by atoms with Crippen molar-refractivity contribution in [3.63, 3.8) is 0 Å². The van der Waals surface area contributed by atoms with E-state index >= 15 is 0 Å². The van der Waals surface area contributed by atoms with E-state index in [0.29, 0.717) is 21.9 Å². The van der Waals surface area contributed by atoms with E-state index in [1.54, 1.807) is 42.7 Å². The quantitative estimate of drug-likeness (QED) is 0.531. The normalized spacial score (nSPS) is 10.7. The molecule has 2 aromatic carbocycles. The number of benzene rings is 2. The van der Waals surface area contributed by atoms with Crippen molar-refractivity contribution in [2.24, 2.45) is 0 Å². The maximum absolute atomic E-state index is 12.7. The summed E-state index contributed by atoms with van der Waals surface area (Å²) in [6.45, 7) is 0.282. The molecule has 0 saturated heterocycles. The van der Waals surface area contributed by atoms with E-state index in [0.717, 1.165) is 10.1 Å². The Morgan fingerprint density at radius 3 is 2.56 bits per heavy atom. The summed E-state index contributed by atoms with van der Waals surface area (Å²) in [6.07, 6.45) is 1.56. The first-order valence-corrected chi connectivity index (χ1v) is 9.22. The highest BCUT2D eigenvalue weighted by Crippen LogP contribution is 2.26. The molecule has 0 radical (unpaired) electrons. The second-order valence-electron chi connectivity index (χ2n) is 5.91. The lowest BCUT2D eigenvalue weighted by molar-refractivity contribution is 0.0949. The van der Waals surface area contributed by atoms with Gasteiger partial charge in [0.1, 0.15) is 5.76 Å². The van der Waals surface area contributed by atoms with Gasteiger partial charge in [0.25, 0.3) is 11.8 Å². The van der Waals surface area contributed by atoms with Crippen LogP contribution >= 0.6 is 11.3 Å². The van der Waals surface area contributed by atoms with E-state index in [9.17, 15) is 9.59 Å². The lowest BCUT2D eigenvalue weighted by atomic mass is 10.1. The first-order valence-electron chi connectivity index (χ1n) is 8.40. The van der Waals surface area contributed by atoms with E-state index in [4.69, 9.17) is 4.42 Å². The average molecular weight is 376 g/mol. The van der Waals surface area contributed by atoms with E-state index in [2.05, 4.69) is 10.6 Å². The first-order chi connectivity index (χ1) is 13.2. The minimum Gasteiger partial charge on any atom is -0.467 e. The maximum atomic E-state index is 12.7. The van der Waals surface area contributed by atoms with E-state index in [-0.39, 0.29) is 18.4 Å². The summed E-state index contributed by atoms with van der Waals surface area (Å²) in [4.78, 5) is 25.8. The SMILES string of the molecule is O=C(Nc1ccccc1C(=O)NCc1ccco1)c1cc2ccccc2s1. The molecular weight excluding hydrogens is 360 g/mol. The zero-order valence-electron chi connectivity index (χ0n) is 14.3. The van der Waals surface area contributed by atoms with Gasteiger partial charge in [-0.3, -0.25) is 9.59 Å². The van der Waals surface area contributed by atoms with Crippen LogP contribution in [0.15, 0.2) is 77.4 Å². The minimum atomic E-state index is -0.279. The molecule has 5 nitrogen and oxygen atoms in total. The van der Waals surface area contributed by atoms with Crippen LogP contribution < -0.4 is 10.6 Å². The number of furan rings is 1. The molecule has 2 N–H and O–H groups in total. The second kappa shape index (κ2) is 7.47. The van der Waals surface area contributed by atoms with Crippen molar-refractivity contribution in [1.82, 2.24) is 5.32 Å². The standard InChI is InChI=1S/C21H16N2O3S/c24-20(22-13-15-7-5-11-26-15)16-8-2-3-9-17(16)23-21(25)19-12-14-6-1-4-10-18(14)27-19/h1-12H,13H2,(H,22,24)(H,23,25). The number of anilines is 1. The number of rotatable bonds is 5. The summed E-state index contributed by atoms with van der Waals surface area (Å²) in [5.41, 5.74) is 0.871. The average Bonchev–Trinajstić information content (AvgIpc) is 3.36. The third-order valence-electron chi connectivity index (χ3n) is 4.07. The molecule has 2 aromatic heterocycles. The van der Waals surface area contributed by atoms with E-state index < -0.39 is 0 Å². The fourth-order valence-electron chi connectivity index (χ4n) is 2.74. The summed E-state index contributed by atoms with van der Waals surface area (Å²) < 4.78 is 6.27. The predicted molar refractivity (Wildman–Crippen MR) is 106 cm³/mol. The van der Waals surface area contributed by atoms with Crippen molar-refractivity contribution in [3.05, 3.63) is 89.2 Å². The molecule has 4 aromatic rings. The number of hydrogen-bond acceptors (Lipinski definition) is 4. The van der Waals surface area contributed by atoms with Crippen LogP contribution in [0.5, 0.6) is 0 Å². The largest absolute Gasteiger partial charge is 0.467 e. The van der Waals surface area contributed by atoms with Crippen LogP contribution in [0.4, 0.5) is 5.69 Å². The van der Waals surface area contributed by atoms with E-state index in [1.807, 2.05) is 30.3 Å². The van der Waals surface area contributed by atoms with Gasteiger partial charge < -0.3 is 15.1 Å². The molecule has 0 atom stereocenters.